The predicted octanol–water partition coefficient (Wildman–Crippen LogP) is 1.61. The predicted molar refractivity (Wildman–Crippen MR) is 79.0 cm³/mol. The highest BCUT2D eigenvalue weighted by molar-refractivity contribution is 7.91. The van der Waals surface area contributed by atoms with E-state index in [0.29, 0.717) is 24.2 Å². The van der Waals surface area contributed by atoms with E-state index in [1.54, 1.807) is 0 Å². The Morgan fingerprint density at radius 2 is 2.10 bits per heavy atom. The maximum absolute atomic E-state index is 11.6. The van der Waals surface area contributed by atoms with Gasteiger partial charge in [-0.25, -0.2) is 8.42 Å². The van der Waals surface area contributed by atoms with Gasteiger partial charge in [-0.05, 0) is 25.8 Å². The Kier molecular flexibility index (Phi) is 4.31. The molecule has 1 N–H and O–H groups in total. The molecular weight excluding hydrogens is 290 g/mol. The number of hydrogen-bond donors (Lipinski definition) is 1. The Balaban J connectivity index is 1.74. The summed E-state index contributed by atoms with van der Waals surface area (Å²) in [5, 5.41) is 7.56. The van der Waals surface area contributed by atoms with Gasteiger partial charge in [0.1, 0.15) is 0 Å². The maximum atomic E-state index is 11.6. The largest absolute Gasteiger partial charge is 0.339 e. The summed E-state index contributed by atoms with van der Waals surface area (Å²) in [6, 6.07) is 0.393. The van der Waals surface area contributed by atoms with Gasteiger partial charge in [-0.3, -0.25) is 0 Å². The molecule has 2 fully saturated rings. The first-order valence-electron chi connectivity index (χ1n) is 7.86. The van der Waals surface area contributed by atoms with Crippen molar-refractivity contribution >= 4 is 9.84 Å². The minimum Gasteiger partial charge on any atom is -0.339 e. The molecule has 118 valence electrons. The van der Waals surface area contributed by atoms with Crippen molar-refractivity contribution in [1.29, 1.82) is 0 Å². The van der Waals surface area contributed by atoms with E-state index in [4.69, 9.17) is 4.52 Å². The van der Waals surface area contributed by atoms with Gasteiger partial charge in [0.25, 0.3) is 0 Å². The van der Waals surface area contributed by atoms with Crippen LogP contribution < -0.4 is 5.32 Å². The highest BCUT2D eigenvalue weighted by atomic mass is 32.2. The number of sulfone groups is 1. The van der Waals surface area contributed by atoms with E-state index in [-0.39, 0.29) is 23.3 Å². The molecule has 1 saturated carbocycles. The second-order valence-corrected chi connectivity index (χ2v) is 8.37. The van der Waals surface area contributed by atoms with Crippen molar-refractivity contribution in [2.45, 2.75) is 56.9 Å². The normalized spacial score (nSPS) is 32.3. The highest BCUT2D eigenvalue weighted by Gasteiger charge is 2.35. The molecule has 1 aromatic heterocycles. The van der Waals surface area contributed by atoms with Crippen LogP contribution in [0, 0.1) is 0 Å². The standard InChI is InChI=1S/C14H23N3O3S/c1-2-15-12-6-4-3-5-11(12)14-16-13(17-20-14)10-7-8-21(18,19)9-10/h10-12,15H,2-9H2,1H3. The SMILES string of the molecule is CCNC1CCCCC1c1nc(C2CCS(=O)(=O)C2)no1. The van der Waals surface area contributed by atoms with Gasteiger partial charge in [0.05, 0.1) is 17.4 Å². The molecule has 0 spiro atoms. The lowest BCUT2D eigenvalue weighted by molar-refractivity contribution is 0.264. The number of aromatic nitrogens is 2. The number of likely N-dealkylation sites (N-methyl/N-ethyl adjacent to an activating group) is 1. The van der Waals surface area contributed by atoms with Crippen molar-refractivity contribution in [3.63, 3.8) is 0 Å². The Hall–Kier alpha value is -0.950. The molecule has 7 heteroatoms. The molecule has 0 bridgehead atoms. The molecule has 0 aromatic carbocycles. The van der Waals surface area contributed by atoms with Gasteiger partial charge >= 0.3 is 0 Å². The molecule has 2 heterocycles. The fourth-order valence-corrected chi connectivity index (χ4v) is 5.23. The summed E-state index contributed by atoms with van der Waals surface area (Å²) in [6.45, 7) is 3.04. The quantitative estimate of drug-likeness (QED) is 0.909. The third-order valence-electron chi connectivity index (χ3n) is 4.60. The molecule has 1 aliphatic carbocycles. The summed E-state index contributed by atoms with van der Waals surface area (Å²) in [6.07, 6.45) is 5.22. The Labute approximate surface area is 125 Å². The van der Waals surface area contributed by atoms with Crippen molar-refractivity contribution < 1.29 is 12.9 Å². The lowest BCUT2D eigenvalue weighted by Crippen LogP contribution is -2.37. The number of rotatable bonds is 4. The van der Waals surface area contributed by atoms with Gasteiger partial charge in [-0.15, -0.1) is 0 Å². The van der Waals surface area contributed by atoms with Crippen LogP contribution in [0.2, 0.25) is 0 Å². The summed E-state index contributed by atoms with van der Waals surface area (Å²) in [5.41, 5.74) is 0. The molecule has 1 aromatic rings. The van der Waals surface area contributed by atoms with E-state index in [1.807, 2.05) is 0 Å². The minimum atomic E-state index is -2.91. The molecule has 1 aliphatic heterocycles. The van der Waals surface area contributed by atoms with E-state index in [9.17, 15) is 8.42 Å². The van der Waals surface area contributed by atoms with E-state index in [2.05, 4.69) is 22.4 Å². The first kappa shape index (κ1) is 15.0. The third-order valence-corrected chi connectivity index (χ3v) is 6.37. The average Bonchev–Trinajstić information content (AvgIpc) is 3.06. The second-order valence-electron chi connectivity index (χ2n) is 6.15. The summed E-state index contributed by atoms with van der Waals surface area (Å²) in [7, 11) is -2.91. The first-order valence-corrected chi connectivity index (χ1v) is 9.68. The van der Waals surface area contributed by atoms with Gasteiger partial charge in [0.2, 0.25) is 5.89 Å². The van der Waals surface area contributed by atoms with E-state index < -0.39 is 9.84 Å². The zero-order valence-electron chi connectivity index (χ0n) is 12.4. The van der Waals surface area contributed by atoms with E-state index in [1.165, 1.54) is 12.8 Å². The van der Waals surface area contributed by atoms with Crippen LogP contribution in [0.5, 0.6) is 0 Å². The van der Waals surface area contributed by atoms with Gasteiger partial charge in [0, 0.05) is 12.0 Å². The van der Waals surface area contributed by atoms with Crippen LogP contribution in [0.3, 0.4) is 0 Å². The van der Waals surface area contributed by atoms with E-state index in [0.717, 1.165) is 19.4 Å². The summed E-state index contributed by atoms with van der Waals surface area (Å²) in [4.78, 5) is 4.53. The van der Waals surface area contributed by atoms with Gasteiger partial charge in [-0.1, -0.05) is 24.9 Å². The third kappa shape index (κ3) is 3.29. The average molecular weight is 313 g/mol. The van der Waals surface area contributed by atoms with Crippen molar-refractivity contribution in [3.8, 4) is 0 Å². The molecule has 0 radical (unpaired) electrons. The van der Waals surface area contributed by atoms with Gasteiger partial charge < -0.3 is 9.84 Å². The molecule has 1 saturated heterocycles. The van der Waals surface area contributed by atoms with Crippen LogP contribution in [-0.4, -0.2) is 42.7 Å². The smallest absolute Gasteiger partial charge is 0.231 e. The van der Waals surface area contributed by atoms with Crippen LogP contribution in [0.4, 0.5) is 0 Å². The monoisotopic (exact) mass is 313 g/mol. The molecule has 6 nitrogen and oxygen atoms in total. The van der Waals surface area contributed by atoms with Crippen molar-refractivity contribution in [3.05, 3.63) is 11.7 Å². The lowest BCUT2D eigenvalue weighted by atomic mass is 9.84. The fourth-order valence-electron chi connectivity index (χ4n) is 3.50. The summed E-state index contributed by atoms with van der Waals surface area (Å²) in [5.74, 6) is 1.83. The molecule has 21 heavy (non-hydrogen) atoms. The maximum Gasteiger partial charge on any atom is 0.231 e. The van der Waals surface area contributed by atoms with Crippen LogP contribution in [0.15, 0.2) is 4.52 Å². The van der Waals surface area contributed by atoms with Gasteiger partial charge in [0.15, 0.2) is 15.7 Å². The Morgan fingerprint density at radius 3 is 2.81 bits per heavy atom. The highest BCUT2D eigenvalue weighted by Crippen LogP contribution is 2.34. The van der Waals surface area contributed by atoms with Crippen molar-refractivity contribution in [2.75, 3.05) is 18.1 Å². The summed E-state index contributed by atoms with van der Waals surface area (Å²) >= 11 is 0. The minimum absolute atomic E-state index is 0.0892. The molecule has 0 amide bonds. The van der Waals surface area contributed by atoms with Crippen LogP contribution >= 0.6 is 0 Å². The first-order chi connectivity index (χ1) is 10.1. The number of nitrogens with zero attached hydrogens (tertiary/aromatic N) is 2. The summed E-state index contributed by atoms with van der Waals surface area (Å²) < 4.78 is 28.6. The topological polar surface area (TPSA) is 85.1 Å². The Bertz CT molecular complexity index is 582. The molecule has 3 rings (SSSR count). The van der Waals surface area contributed by atoms with Crippen LogP contribution in [-0.2, 0) is 9.84 Å². The zero-order chi connectivity index (χ0) is 14.9. The van der Waals surface area contributed by atoms with Crippen LogP contribution in [0.25, 0.3) is 0 Å². The molecule has 3 unspecified atom stereocenters. The van der Waals surface area contributed by atoms with Gasteiger partial charge in [-0.2, -0.15) is 4.98 Å². The lowest BCUT2D eigenvalue weighted by Gasteiger charge is -2.29. The zero-order valence-corrected chi connectivity index (χ0v) is 13.2. The number of hydrogen-bond acceptors (Lipinski definition) is 6. The van der Waals surface area contributed by atoms with E-state index >= 15 is 0 Å². The second kappa shape index (κ2) is 6.04. The molecular formula is C14H23N3O3S. The Morgan fingerprint density at radius 1 is 1.29 bits per heavy atom. The molecule has 2 aliphatic rings. The molecule has 3 atom stereocenters. The van der Waals surface area contributed by atoms with Crippen molar-refractivity contribution in [2.24, 2.45) is 0 Å². The van der Waals surface area contributed by atoms with Crippen molar-refractivity contribution in [1.82, 2.24) is 15.5 Å². The number of nitrogens with one attached hydrogen (secondary N) is 1. The fraction of sp³-hybridized carbons (Fsp3) is 0.857. The van der Waals surface area contributed by atoms with Crippen LogP contribution in [0.1, 0.15) is 62.6 Å².